The smallest absolute Gasteiger partial charge is 0.157 e. The van der Waals surface area contributed by atoms with Crippen molar-refractivity contribution in [1.82, 2.24) is 0 Å². The van der Waals surface area contributed by atoms with Gasteiger partial charge in [0.05, 0.1) is 12.7 Å². The first-order chi connectivity index (χ1) is 5.04. The van der Waals surface area contributed by atoms with Crippen LogP contribution >= 0.6 is 0 Å². The van der Waals surface area contributed by atoms with Crippen LogP contribution in [0.2, 0.25) is 0 Å². The first-order valence-electron chi connectivity index (χ1n) is 4.31. The van der Waals surface area contributed by atoms with Crippen LogP contribution in [0.15, 0.2) is 0 Å². The van der Waals surface area contributed by atoms with Crippen LogP contribution in [0, 0.1) is 5.41 Å². The Morgan fingerprint density at radius 2 is 2.00 bits per heavy atom. The molecule has 0 radical (unpaired) electrons. The quantitative estimate of drug-likeness (QED) is 0.582. The summed E-state index contributed by atoms with van der Waals surface area (Å²) in [5.74, 6) is 0. The maximum absolute atomic E-state index is 5.65. The molecule has 0 aromatic heterocycles. The van der Waals surface area contributed by atoms with Crippen LogP contribution in [0.3, 0.4) is 0 Å². The van der Waals surface area contributed by atoms with Crippen LogP contribution in [0.25, 0.3) is 0 Å². The monoisotopic (exact) mass is 158 g/mol. The van der Waals surface area contributed by atoms with Crippen molar-refractivity contribution >= 4 is 0 Å². The second kappa shape index (κ2) is 3.11. The minimum atomic E-state index is 0.0409. The molecule has 2 heteroatoms. The van der Waals surface area contributed by atoms with Crippen LogP contribution in [0.4, 0.5) is 0 Å². The minimum absolute atomic E-state index is 0.0409. The topological polar surface area (TPSA) is 18.5 Å². The Morgan fingerprint density at radius 3 is 2.27 bits per heavy atom. The molecular weight excluding hydrogens is 140 g/mol. The molecular formula is C9H18O2. The molecule has 0 bridgehead atoms. The van der Waals surface area contributed by atoms with Gasteiger partial charge in [0.2, 0.25) is 0 Å². The van der Waals surface area contributed by atoms with Gasteiger partial charge in [-0.2, -0.15) is 0 Å². The molecule has 0 saturated carbocycles. The van der Waals surface area contributed by atoms with E-state index in [4.69, 9.17) is 9.47 Å². The molecule has 2 nitrogen and oxygen atoms in total. The van der Waals surface area contributed by atoms with Crippen LogP contribution in [0.1, 0.15) is 34.1 Å². The first kappa shape index (κ1) is 9.01. The van der Waals surface area contributed by atoms with Crippen molar-refractivity contribution in [3.63, 3.8) is 0 Å². The highest BCUT2D eigenvalue weighted by atomic mass is 16.7. The fourth-order valence-electron chi connectivity index (χ4n) is 1.12. The lowest BCUT2D eigenvalue weighted by Crippen LogP contribution is -2.28. The van der Waals surface area contributed by atoms with E-state index in [-0.39, 0.29) is 17.8 Å². The molecule has 0 aliphatic carbocycles. The van der Waals surface area contributed by atoms with Gasteiger partial charge < -0.3 is 9.47 Å². The summed E-state index contributed by atoms with van der Waals surface area (Å²) in [5.41, 5.74) is 0.212. The SMILES string of the molecule is CCC1OC[C@@H](C(C)(C)C)O1. The molecule has 1 fully saturated rings. The average Bonchev–Trinajstić information content (AvgIpc) is 2.32. The third-order valence-corrected chi connectivity index (χ3v) is 2.05. The molecule has 1 heterocycles. The van der Waals surface area contributed by atoms with E-state index in [1.165, 1.54) is 0 Å². The van der Waals surface area contributed by atoms with Crippen molar-refractivity contribution in [3.05, 3.63) is 0 Å². The van der Waals surface area contributed by atoms with Gasteiger partial charge in [0.1, 0.15) is 0 Å². The fraction of sp³-hybridized carbons (Fsp3) is 1.00. The second-order valence-corrected chi connectivity index (χ2v) is 4.16. The maximum Gasteiger partial charge on any atom is 0.157 e. The Kier molecular flexibility index (Phi) is 2.55. The summed E-state index contributed by atoms with van der Waals surface area (Å²) in [6, 6.07) is 0. The Morgan fingerprint density at radius 1 is 1.36 bits per heavy atom. The Hall–Kier alpha value is -0.0800. The van der Waals surface area contributed by atoms with Gasteiger partial charge in [-0.1, -0.05) is 27.7 Å². The standard InChI is InChI=1S/C9H18O2/c1-5-8-10-6-7(11-8)9(2,3)4/h7-8H,5-6H2,1-4H3/t7-,8?/m0/s1. The third-order valence-electron chi connectivity index (χ3n) is 2.05. The molecule has 1 rings (SSSR count). The van der Waals surface area contributed by atoms with Gasteiger partial charge >= 0.3 is 0 Å². The van der Waals surface area contributed by atoms with Crippen molar-refractivity contribution < 1.29 is 9.47 Å². The lowest BCUT2D eigenvalue weighted by Gasteiger charge is -2.24. The summed E-state index contributed by atoms with van der Waals surface area (Å²) in [4.78, 5) is 0. The normalized spacial score (nSPS) is 32.7. The summed E-state index contributed by atoms with van der Waals surface area (Å²) >= 11 is 0. The van der Waals surface area contributed by atoms with Gasteiger partial charge in [0.25, 0.3) is 0 Å². The molecule has 11 heavy (non-hydrogen) atoms. The first-order valence-corrected chi connectivity index (χ1v) is 4.31. The van der Waals surface area contributed by atoms with Crippen LogP contribution in [-0.2, 0) is 9.47 Å². The summed E-state index contributed by atoms with van der Waals surface area (Å²) in [6.45, 7) is 9.37. The van der Waals surface area contributed by atoms with Crippen LogP contribution < -0.4 is 0 Å². The lowest BCUT2D eigenvalue weighted by molar-refractivity contribution is -0.0766. The Labute approximate surface area is 68.9 Å². The Balaban J connectivity index is 2.42. The van der Waals surface area contributed by atoms with E-state index in [0.29, 0.717) is 0 Å². The highest BCUT2D eigenvalue weighted by molar-refractivity contribution is 4.77. The highest BCUT2D eigenvalue weighted by Crippen LogP contribution is 2.28. The number of rotatable bonds is 1. The van der Waals surface area contributed by atoms with E-state index in [0.717, 1.165) is 13.0 Å². The molecule has 1 saturated heterocycles. The van der Waals surface area contributed by atoms with Crippen LogP contribution in [-0.4, -0.2) is 19.0 Å². The van der Waals surface area contributed by atoms with Gasteiger partial charge in [0, 0.05) is 0 Å². The van der Waals surface area contributed by atoms with E-state index in [1.807, 2.05) is 0 Å². The van der Waals surface area contributed by atoms with E-state index >= 15 is 0 Å². The van der Waals surface area contributed by atoms with Gasteiger partial charge in [-0.05, 0) is 11.8 Å². The maximum atomic E-state index is 5.65. The summed E-state index contributed by atoms with van der Waals surface area (Å²) in [6.07, 6.45) is 1.26. The zero-order valence-electron chi connectivity index (χ0n) is 7.89. The molecule has 1 aliphatic heterocycles. The van der Waals surface area contributed by atoms with Gasteiger partial charge in [0.15, 0.2) is 6.29 Å². The van der Waals surface area contributed by atoms with Crippen molar-refractivity contribution in [2.24, 2.45) is 5.41 Å². The molecule has 0 aromatic rings. The van der Waals surface area contributed by atoms with Crippen molar-refractivity contribution in [2.45, 2.75) is 46.5 Å². The van der Waals surface area contributed by atoms with E-state index in [9.17, 15) is 0 Å². The Bertz CT molecular complexity index is 126. The largest absolute Gasteiger partial charge is 0.350 e. The predicted octanol–water partition coefficient (Wildman–Crippen LogP) is 2.18. The zero-order valence-corrected chi connectivity index (χ0v) is 7.89. The number of hydrogen-bond acceptors (Lipinski definition) is 2. The van der Waals surface area contributed by atoms with Crippen molar-refractivity contribution in [1.29, 1.82) is 0 Å². The predicted molar refractivity (Wildman–Crippen MR) is 44.4 cm³/mol. The molecule has 0 N–H and O–H groups in total. The average molecular weight is 158 g/mol. The second-order valence-electron chi connectivity index (χ2n) is 4.16. The molecule has 66 valence electrons. The highest BCUT2D eigenvalue weighted by Gasteiger charge is 2.33. The number of hydrogen-bond donors (Lipinski definition) is 0. The van der Waals surface area contributed by atoms with E-state index < -0.39 is 0 Å². The minimum Gasteiger partial charge on any atom is -0.350 e. The third kappa shape index (κ3) is 2.17. The molecule has 0 aromatic carbocycles. The van der Waals surface area contributed by atoms with Gasteiger partial charge in [-0.25, -0.2) is 0 Å². The molecule has 0 amide bonds. The summed E-state index contributed by atoms with van der Waals surface area (Å²) < 4.78 is 11.1. The van der Waals surface area contributed by atoms with E-state index in [1.54, 1.807) is 0 Å². The molecule has 2 atom stereocenters. The lowest BCUT2D eigenvalue weighted by atomic mass is 9.90. The molecule has 0 spiro atoms. The molecule has 1 aliphatic rings. The summed E-state index contributed by atoms with van der Waals surface area (Å²) in [7, 11) is 0. The fourth-order valence-corrected chi connectivity index (χ4v) is 1.12. The number of ether oxygens (including phenoxy) is 2. The zero-order chi connectivity index (χ0) is 8.48. The molecule has 1 unspecified atom stereocenters. The van der Waals surface area contributed by atoms with Crippen molar-refractivity contribution in [3.8, 4) is 0 Å². The van der Waals surface area contributed by atoms with Crippen LogP contribution in [0.5, 0.6) is 0 Å². The summed E-state index contributed by atoms with van der Waals surface area (Å²) in [5, 5.41) is 0. The van der Waals surface area contributed by atoms with E-state index in [2.05, 4.69) is 27.7 Å². The van der Waals surface area contributed by atoms with Crippen molar-refractivity contribution in [2.75, 3.05) is 6.61 Å². The van der Waals surface area contributed by atoms with Gasteiger partial charge in [-0.15, -0.1) is 0 Å². The van der Waals surface area contributed by atoms with Gasteiger partial charge in [-0.3, -0.25) is 0 Å².